The maximum absolute atomic E-state index is 5.01. The summed E-state index contributed by atoms with van der Waals surface area (Å²) in [7, 11) is 0. The van der Waals surface area contributed by atoms with E-state index in [-0.39, 0.29) is 0 Å². The van der Waals surface area contributed by atoms with E-state index < -0.39 is 0 Å². The summed E-state index contributed by atoms with van der Waals surface area (Å²) < 4.78 is 0. The van der Waals surface area contributed by atoms with Gasteiger partial charge in [0, 0.05) is 17.3 Å². The lowest BCUT2D eigenvalue weighted by Crippen LogP contribution is -1.92. The Hall–Kier alpha value is -5.27. The van der Waals surface area contributed by atoms with Gasteiger partial charge in [-0.1, -0.05) is 140 Å². The molecule has 0 aliphatic heterocycles. The highest BCUT2D eigenvalue weighted by atomic mass is 14.7. The molecule has 186 valence electrons. The highest BCUT2D eigenvalue weighted by molar-refractivity contribution is 6.23. The monoisotopic (exact) mass is 507 g/mol. The molecule has 0 saturated heterocycles. The molecular weight excluding hydrogens is 482 g/mol. The highest BCUT2D eigenvalue weighted by Gasteiger charge is 2.18. The number of nitrogens with zero attached hydrogens (tertiary/aromatic N) is 1. The number of benzene rings is 7. The van der Waals surface area contributed by atoms with Crippen molar-refractivity contribution in [3.05, 3.63) is 152 Å². The van der Waals surface area contributed by atoms with Gasteiger partial charge >= 0.3 is 0 Å². The van der Waals surface area contributed by atoms with Crippen LogP contribution < -0.4 is 0 Å². The number of rotatable bonds is 3. The largest absolute Gasteiger partial charge is 0.256 e. The summed E-state index contributed by atoms with van der Waals surface area (Å²) in [6.45, 7) is 0. The van der Waals surface area contributed by atoms with Crippen molar-refractivity contribution >= 4 is 43.1 Å². The molecule has 1 aromatic heterocycles. The average Bonchev–Trinajstić information content (AvgIpc) is 3.03. The number of pyridine rings is 1. The predicted octanol–water partition coefficient (Wildman–Crippen LogP) is 10.7. The van der Waals surface area contributed by atoms with E-state index in [0.29, 0.717) is 0 Å². The molecule has 1 nitrogen and oxygen atoms in total. The van der Waals surface area contributed by atoms with Crippen molar-refractivity contribution in [2.45, 2.75) is 0 Å². The van der Waals surface area contributed by atoms with E-state index in [2.05, 4.69) is 146 Å². The van der Waals surface area contributed by atoms with Gasteiger partial charge < -0.3 is 0 Å². The minimum Gasteiger partial charge on any atom is -0.256 e. The molecule has 0 radical (unpaired) electrons. The van der Waals surface area contributed by atoms with Crippen LogP contribution in [-0.2, 0) is 0 Å². The van der Waals surface area contributed by atoms with Gasteiger partial charge in [-0.25, -0.2) is 0 Å². The topological polar surface area (TPSA) is 12.9 Å². The fourth-order valence-electron chi connectivity index (χ4n) is 6.32. The lowest BCUT2D eigenvalue weighted by Gasteiger charge is -2.18. The normalized spacial score (nSPS) is 11.5. The molecule has 0 amide bonds. The maximum atomic E-state index is 5.01. The van der Waals surface area contributed by atoms with Gasteiger partial charge in [-0.2, -0.15) is 0 Å². The van der Waals surface area contributed by atoms with Gasteiger partial charge in [0.25, 0.3) is 0 Å². The molecule has 0 spiro atoms. The Morgan fingerprint density at radius 2 is 0.775 bits per heavy atom. The lowest BCUT2D eigenvalue weighted by atomic mass is 9.85. The standard InChI is InChI=1S/C39H25N/c1-3-15-29-26(11-1)13-9-21-31(29)37-24-23-28(25-40-37)38-33-17-5-7-19-35(33)39(36-20-8-6-18-34(36)38)32-22-10-14-27-12-2-4-16-30(27)32/h1-25H. The Labute approximate surface area is 233 Å². The van der Waals surface area contributed by atoms with E-state index >= 15 is 0 Å². The van der Waals surface area contributed by atoms with Gasteiger partial charge in [-0.15, -0.1) is 0 Å². The van der Waals surface area contributed by atoms with Crippen LogP contribution in [0.15, 0.2) is 152 Å². The molecule has 8 rings (SSSR count). The molecule has 1 heteroatoms. The van der Waals surface area contributed by atoms with Crippen LogP contribution in [0.3, 0.4) is 0 Å². The van der Waals surface area contributed by atoms with Crippen molar-refractivity contribution in [1.82, 2.24) is 4.98 Å². The van der Waals surface area contributed by atoms with Crippen molar-refractivity contribution in [3.63, 3.8) is 0 Å². The summed E-state index contributed by atoms with van der Waals surface area (Å²) in [6.07, 6.45) is 2.04. The van der Waals surface area contributed by atoms with Crippen LogP contribution in [0.5, 0.6) is 0 Å². The molecule has 0 atom stereocenters. The Kier molecular flexibility index (Phi) is 5.21. The molecule has 8 aromatic rings. The molecule has 0 unspecified atom stereocenters. The highest BCUT2D eigenvalue weighted by Crippen LogP contribution is 2.45. The van der Waals surface area contributed by atoms with Crippen molar-refractivity contribution in [2.24, 2.45) is 0 Å². The van der Waals surface area contributed by atoms with Crippen LogP contribution in [0.1, 0.15) is 0 Å². The summed E-state index contributed by atoms with van der Waals surface area (Å²) in [5.74, 6) is 0. The molecule has 1 heterocycles. The first kappa shape index (κ1) is 22.7. The van der Waals surface area contributed by atoms with Gasteiger partial charge in [-0.3, -0.25) is 4.98 Å². The third-order valence-corrected chi connectivity index (χ3v) is 8.11. The Morgan fingerprint density at radius 3 is 1.32 bits per heavy atom. The molecule has 7 aromatic carbocycles. The minimum atomic E-state index is 0.988. The third-order valence-electron chi connectivity index (χ3n) is 8.11. The first-order chi connectivity index (χ1) is 19.9. The fraction of sp³-hybridized carbons (Fsp3) is 0. The smallest absolute Gasteiger partial charge is 0.0708 e. The zero-order valence-corrected chi connectivity index (χ0v) is 21.9. The molecular formula is C39H25N. The maximum Gasteiger partial charge on any atom is 0.0708 e. The van der Waals surface area contributed by atoms with E-state index in [1.165, 1.54) is 59.8 Å². The Morgan fingerprint density at radius 1 is 0.325 bits per heavy atom. The molecule has 0 aliphatic carbocycles. The summed E-state index contributed by atoms with van der Waals surface area (Å²) in [4.78, 5) is 5.01. The molecule has 0 saturated carbocycles. The number of aromatic nitrogens is 1. The van der Waals surface area contributed by atoms with E-state index in [1.807, 2.05) is 6.20 Å². The van der Waals surface area contributed by atoms with Gasteiger partial charge in [0.15, 0.2) is 0 Å². The second-order valence-electron chi connectivity index (χ2n) is 10.3. The van der Waals surface area contributed by atoms with Crippen LogP contribution in [0.4, 0.5) is 0 Å². The molecule has 0 bridgehead atoms. The number of fused-ring (bicyclic) bond motifs is 4. The second kappa shape index (κ2) is 9.18. The minimum absolute atomic E-state index is 0.988. The molecule has 0 fully saturated rings. The molecule has 0 N–H and O–H groups in total. The van der Waals surface area contributed by atoms with Crippen LogP contribution in [0.2, 0.25) is 0 Å². The fourth-order valence-corrected chi connectivity index (χ4v) is 6.32. The van der Waals surface area contributed by atoms with Crippen LogP contribution in [0, 0.1) is 0 Å². The van der Waals surface area contributed by atoms with Crippen LogP contribution in [-0.4, -0.2) is 4.98 Å². The lowest BCUT2D eigenvalue weighted by molar-refractivity contribution is 1.34. The Bertz CT molecular complexity index is 2140. The van der Waals surface area contributed by atoms with E-state index in [0.717, 1.165) is 16.8 Å². The van der Waals surface area contributed by atoms with Crippen LogP contribution in [0.25, 0.3) is 76.6 Å². The number of hydrogen-bond donors (Lipinski definition) is 0. The molecule has 0 aliphatic rings. The van der Waals surface area contributed by atoms with E-state index in [4.69, 9.17) is 4.98 Å². The van der Waals surface area contributed by atoms with Gasteiger partial charge in [0.2, 0.25) is 0 Å². The van der Waals surface area contributed by atoms with Crippen LogP contribution >= 0.6 is 0 Å². The van der Waals surface area contributed by atoms with Crippen molar-refractivity contribution in [2.75, 3.05) is 0 Å². The second-order valence-corrected chi connectivity index (χ2v) is 10.3. The van der Waals surface area contributed by atoms with Gasteiger partial charge in [0.05, 0.1) is 5.69 Å². The summed E-state index contributed by atoms with van der Waals surface area (Å²) in [6, 6.07) is 52.3. The average molecular weight is 508 g/mol. The quantitative estimate of drug-likeness (QED) is 0.217. The van der Waals surface area contributed by atoms with Crippen molar-refractivity contribution in [3.8, 4) is 33.5 Å². The number of hydrogen-bond acceptors (Lipinski definition) is 1. The van der Waals surface area contributed by atoms with E-state index in [9.17, 15) is 0 Å². The van der Waals surface area contributed by atoms with Gasteiger partial charge in [-0.05, 0) is 65.8 Å². The first-order valence-corrected chi connectivity index (χ1v) is 13.7. The summed E-state index contributed by atoms with van der Waals surface area (Å²) >= 11 is 0. The third kappa shape index (κ3) is 3.52. The SMILES string of the molecule is c1ccc2c(-c3ccc(-c4c5ccccc5c(-c5cccc6ccccc56)c5ccccc45)cn3)cccc2c1. The summed E-state index contributed by atoms with van der Waals surface area (Å²) in [5.41, 5.74) is 7.05. The van der Waals surface area contributed by atoms with Gasteiger partial charge in [0.1, 0.15) is 0 Å². The van der Waals surface area contributed by atoms with Crippen molar-refractivity contribution < 1.29 is 0 Å². The van der Waals surface area contributed by atoms with Crippen molar-refractivity contribution in [1.29, 1.82) is 0 Å². The zero-order valence-electron chi connectivity index (χ0n) is 21.9. The molecule has 40 heavy (non-hydrogen) atoms. The summed E-state index contributed by atoms with van der Waals surface area (Å²) in [5, 5.41) is 9.97. The van der Waals surface area contributed by atoms with E-state index in [1.54, 1.807) is 0 Å². The predicted molar refractivity (Wildman–Crippen MR) is 171 cm³/mol. The zero-order chi connectivity index (χ0) is 26.5. The Balaban J connectivity index is 1.39. The first-order valence-electron chi connectivity index (χ1n) is 13.7.